The molecular formula is C21H21F3N2O. The summed E-state index contributed by atoms with van der Waals surface area (Å²) in [5, 5.41) is 2.77. The van der Waals surface area contributed by atoms with E-state index in [1.807, 2.05) is 23.1 Å². The smallest absolute Gasteiger partial charge is 0.365 e. The standard InChI is InChI=1S/C21H21F3N2O/c22-21(23,24)17-8-9-19(18(12-17)25-20(27)15-6-3-7-15)26-11-10-14-4-1-2-5-16(14)13-26/h1-2,4-5,8-9,12,15H,3,6-7,10-11,13H2,(H,25,27). The number of halogens is 3. The summed E-state index contributed by atoms with van der Waals surface area (Å²) >= 11 is 0. The Bertz CT molecular complexity index is 859. The third-order valence-corrected chi connectivity index (χ3v) is 5.53. The molecule has 27 heavy (non-hydrogen) atoms. The van der Waals surface area contributed by atoms with E-state index >= 15 is 0 Å². The largest absolute Gasteiger partial charge is 0.416 e. The fourth-order valence-corrected chi connectivity index (χ4v) is 3.69. The normalized spacial score (nSPS) is 17.2. The van der Waals surface area contributed by atoms with Crippen LogP contribution in [0.1, 0.15) is 36.0 Å². The maximum atomic E-state index is 13.2. The zero-order valence-corrected chi connectivity index (χ0v) is 14.9. The van der Waals surface area contributed by atoms with Gasteiger partial charge in [-0.1, -0.05) is 30.7 Å². The van der Waals surface area contributed by atoms with Crippen LogP contribution in [-0.2, 0) is 23.9 Å². The summed E-state index contributed by atoms with van der Waals surface area (Å²) in [5.41, 5.74) is 2.58. The van der Waals surface area contributed by atoms with Gasteiger partial charge in [-0.3, -0.25) is 4.79 Å². The summed E-state index contributed by atoms with van der Waals surface area (Å²) in [5.74, 6) is -0.270. The molecule has 1 fully saturated rings. The summed E-state index contributed by atoms with van der Waals surface area (Å²) in [4.78, 5) is 14.4. The van der Waals surface area contributed by atoms with Crippen molar-refractivity contribution in [3.63, 3.8) is 0 Å². The molecule has 0 radical (unpaired) electrons. The van der Waals surface area contributed by atoms with E-state index in [1.54, 1.807) is 0 Å². The second-order valence-corrected chi connectivity index (χ2v) is 7.29. The lowest BCUT2D eigenvalue weighted by Gasteiger charge is -2.33. The summed E-state index contributed by atoms with van der Waals surface area (Å²) in [6.45, 7) is 1.32. The number of hydrogen-bond donors (Lipinski definition) is 1. The molecule has 0 atom stereocenters. The van der Waals surface area contributed by atoms with Crippen LogP contribution in [0.2, 0.25) is 0 Å². The minimum atomic E-state index is -4.44. The fraction of sp³-hybridized carbons (Fsp3) is 0.381. The first-order valence-electron chi connectivity index (χ1n) is 9.25. The zero-order chi connectivity index (χ0) is 19.0. The van der Waals surface area contributed by atoms with E-state index in [-0.39, 0.29) is 17.5 Å². The van der Waals surface area contributed by atoms with E-state index in [0.717, 1.165) is 37.8 Å². The Morgan fingerprint density at radius 2 is 1.81 bits per heavy atom. The highest BCUT2D eigenvalue weighted by Crippen LogP contribution is 2.38. The average molecular weight is 374 g/mol. The molecule has 1 heterocycles. The molecule has 0 bridgehead atoms. The van der Waals surface area contributed by atoms with Gasteiger partial charge in [-0.2, -0.15) is 13.2 Å². The van der Waals surface area contributed by atoms with Crippen molar-refractivity contribution in [1.82, 2.24) is 0 Å². The Balaban J connectivity index is 1.65. The Morgan fingerprint density at radius 1 is 1.07 bits per heavy atom. The molecule has 142 valence electrons. The number of nitrogens with zero attached hydrogens (tertiary/aromatic N) is 1. The van der Waals surface area contributed by atoms with Crippen LogP contribution in [0, 0.1) is 5.92 Å². The van der Waals surface area contributed by atoms with E-state index in [2.05, 4.69) is 11.4 Å². The number of amides is 1. The molecule has 2 aliphatic rings. The van der Waals surface area contributed by atoms with Crippen LogP contribution < -0.4 is 10.2 Å². The first kappa shape index (κ1) is 17.9. The minimum absolute atomic E-state index is 0.0884. The van der Waals surface area contributed by atoms with E-state index in [4.69, 9.17) is 0 Å². The number of rotatable bonds is 3. The van der Waals surface area contributed by atoms with Crippen LogP contribution in [0.15, 0.2) is 42.5 Å². The Hall–Kier alpha value is -2.50. The van der Waals surface area contributed by atoms with Gasteiger partial charge in [0, 0.05) is 19.0 Å². The van der Waals surface area contributed by atoms with Crippen molar-refractivity contribution in [2.75, 3.05) is 16.8 Å². The van der Waals surface area contributed by atoms with Gasteiger partial charge in [0.15, 0.2) is 0 Å². The summed E-state index contributed by atoms with van der Waals surface area (Å²) < 4.78 is 39.6. The summed E-state index contributed by atoms with van der Waals surface area (Å²) in [6, 6.07) is 11.7. The van der Waals surface area contributed by atoms with E-state index < -0.39 is 11.7 Å². The molecule has 1 aliphatic carbocycles. The van der Waals surface area contributed by atoms with Gasteiger partial charge in [-0.25, -0.2) is 0 Å². The molecule has 4 rings (SSSR count). The quantitative estimate of drug-likeness (QED) is 0.819. The highest BCUT2D eigenvalue weighted by molar-refractivity contribution is 5.96. The number of nitrogens with one attached hydrogen (secondary N) is 1. The fourth-order valence-electron chi connectivity index (χ4n) is 3.69. The topological polar surface area (TPSA) is 32.3 Å². The SMILES string of the molecule is O=C(Nc1cc(C(F)(F)F)ccc1N1CCc2ccccc2C1)C1CCC1. The van der Waals surface area contributed by atoms with Crippen LogP contribution in [-0.4, -0.2) is 12.5 Å². The summed E-state index contributed by atoms with van der Waals surface area (Å²) in [6.07, 6.45) is -1.01. The molecule has 1 amide bonds. The van der Waals surface area contributed by atoms with Gasteiger partial charge < -0.3 is 10.2 Å². The number of hydrogen-bond acceptors (Lipinski definition) is 2. The Labute approximate surface area is 156 Å². The van der Waals surface area contributed by atoms with Crippen LogP contribution >= 0.6 is 0 Å². The Morgan fingerprint density at radius 3 is 2.48 bits per heavy atom. The van der Waals surface area contributed by atoms with Gasteiger partial charge in [-0.15, -0.1) is 0 Å². The third kappa shape index (κ3) is 3.66. The van der Waals surface area contributed by atoms with Gasteiger partial charge in [0.1, 0.15) is 0 Å². The number of fused-ring (bicyclic) bond motifs is 1. The second kappa shape index (κ2) is 6.91. The number of carbonyl (C=O) groups excluding carboxylic acids is 1. The average Bonchev–Trinajstić information content (AvgIpc) is 2.59. The second-order valence-electron chi connectivity index (χ2n) is 7.29. The molecule has 2 aromatic rings. The lowest BCUT2D eigenvalue weighted by atomic mass is 9.85. The highest BCUT2D eigenvalue weighted by Gasteiger charge is 2.33. The third-order valence-electron chi connectivity index (χ3n) is 5.53. The number of anilines is 2. The molecule has 1 N–H and O–H groups in total. The van der Waals surface area contributed by atoms with Gasteiger partial charge in [0.05, 0.1) is 16.9 Å². The number of alkyl halides is 3. The maximum absolute atomic E-state index is 13.2. The van der Waals surface area contributed by atoms with Crippen molar-refractivity contribution in [2.24, 2.45) is 5.92 Å². The molecular weight excluding hydrogens is 353 g/mol. The molecule has 1 saturated carbocycles. The van der Waals surface area contributed by atoms with Crippen molar-refractivity contribution in [2.45, 2.75) is 38.4 Å². The summed E-state index contributed by atoms with van der Waals surface area (Å²) in [7, 11) is 0. The van der Waals surface area contributed by atoms with Gasteiger partial charge >= 0.3 is 6.18 Å². The molecule has 0 aromatic heterocycles. The van der Waals surface area contributed by atoms with E-state index in [9.17, 15) is 18.0 Å². The zero-order valence-electron chi connectivity index (χ0n) is 14.9. The van der Waals surface area contributed by atoms with Crippen LogP contribution in [0.25, 0.3) is 0 Å². The maximum Gasteiger partial charge on any atom is 0.416 e. The lowest BCUT2D eigenvalue weighted by molar-refractivity contribution is -0.137. The van der Waals surface area contributed by atoms with Crippen molar-refractivity contribution in [1.29, 1.82) is 0 Å². The highest BCUT2D eigenvalue weighted by atomic mass is 19.4. The van der Waals surface area contributed by atoms with Crippen molar-refractivity contribution < 1.29 is 18.0 Å². The van der Waals surface area contributed by atoms with Crippen LogP contribution in [0.5, 0.6) is 0 Å². The molecule has 2 aromatic carbocycles. The minimum Gasteiger partial charge on any atom is -0.365 e. The van der Waals surface area contributed by atoms with Gasteiger partial charge in [-0.05, 0) is 48.6 Å². The van der Waals surface area contributed by atoms with Gasteiger partial charge in [0.2, 0.25) is 5.91 Å². The predicted molar refractivity (Wildman–Crippen MR) is 98.6 cm³/mol. The first-order chi connectivity index (χ1) is 12.9. The molecule has 3 nitrogen and oxygen atoms in total. The van der Waals surface area contributed by atoms with Crippen LogP contribution in [0.3, 0.4) is 0 Å². The van der Waals surface area contributed by atoms with Crippen molar-refractivity contribution in [3.05, 3.63) is 59.2 Å². The molecule has 0 spiro atoms. The van der Waals surface area contributed by atoms with E-state index in [1.165, 1.54) is 17.2 Å². The molecule has 0 saturated heterocycles. The molecule has 0 unspecified atom stereocenters. The first-order valence-corrected chi connectivity index (χ1v) is 9.25. The number of benzene rings is 2. The lowest BCUT2D eigenvalue weighted by Crippen LogP contribution is -2.33. The molecule has 1 aliphatic heterocycles. The molecule has 6 heteroatoms. The van der Waals surface area contributed by atoms with E-state index in [0.29, 0.717) is 18.8 Å². The van der Waals surface area contributed by atoms with Crippen molar-refractivity contribution >= 4 is 17.3 Å². The Kier molecular flexibility index (Phi) is 4.58. The number of carbonyl (C=O) groups is 1. The van der Waals surface area contributed by atoms with Crippen molar-refractivity contribution in [3.8, 4) is 0 Å². The predicted octanol–water partition coefficient (Wildman–Crippen LogP) is 5.01. The van der Waals surface area contributed by atoms with Gasteiger partial charge in [0.25, 0.3) is 0 Å². The van der Waals surface area contributed by atoms with Crippen LogP contribution in [0.4, 0.5) is 24.5 Å². The monoisotopic (exact) mass is 374 g/mol.